The molecule has 0 aliphatic rings. The number of benzene rings is 1. The Bertz CT molecular complexity index is 454. The Morgan fingerprint density at radius 3 is 2.42 bits per heavy atom. The Hall–Kier alpha value is -1.07. The maximum Gasteiger partial charge on any atom is 0.211 e. The van der Waals surface area contributed by atoms with E-state index in [1.165, 1.54) is 5.56 Å². The molecule has 0 amide bonds. The fourth-order valence-electron chi connectivity index (χ4n) is 1.81. The second-order valence-electron chi connectivity index (χ2n) is 4.52. The molecule has 1 aromatic carbocycles. The van der Waals surface area contributed by atoms with Gasteiger partial charge in [-0.3, -0.25) is 0 Å². The number of methoxy groups -OCH3 is 1. The lowest BCUT2D eigenvalue weighted by Crippen LogP contribution is -2.27. The van der Waals surface area contributed by atoms with Gasteiger partial charge in [0.25, 0.3) is 0 Å². The summed E-state index contributed by atoms with van der Waals surface area (Å²) < 4.78 is 30.5. The van der Waals surface area contributed by atoms with Crippen LogP contribution in [0.15, 0.2) is 24.3 Å². The highest BCUT2D eigenvalue weighted by Gasteiger charge is 2.06. The van der Waals surface area contributed by atoms with E-state index < -0.39 is 10.0 Å². The molecule has 0 radical (unpaired) electrons. The van der Waals surface area contributed by atoms with Gasteiger partial charge in [-0.05, 0) is 43.4 Å². The van der Waals surface area contributed by atoms with Crippen LogP contribution in [0.25, 0.3) is 0 Å². The number of hydrogen-bond donors (Lipinski definition) is 1. The molecule has 0 spiro atoms. The van der Waals surface area contributed by atoms with E-state index >= 15 is 0 Å². The molecule has 108 valence electrons. The molecular weight excluding hydrogens is 262 g/mol. The molecule has 0 fully saturated rings. The molecule has 0 saturated carbocycles. The van der Waals surface area contributed by atoms with E-state index in [1.807, 2.05) is 31.2 Å². The third-order valence-electron chi connectivity index (χ3n) is 2.85. The second kappa shape index (κ2) is 8.17. The summed E-state index contributed by atoms with van der Waals surface area (Å²) in [6.07, 6.45) is 3.44. The molecule has 4 nitrogen and oxygen atoms in total. The fraction of sp³-hybridized carbons (Fsp3) is 0.571. The van der Waals surface area contributed by atoms with Gasteiger partial charge in [0.1, 0.15) is 5.75 Å². The molecule has 0 bridgehead atoms. The van der Waals surface area contributed by atoms with Crippen LogP contribution in [-0.4, -0.2) is 27.8 Å². The molecule has 0 heterocycles. The van der Waals surface area contributed by atoms with Crippen LogP contribution >= 0.6 is 0 Å². The Labute approximate surface area is 116 Å². The molecule has 0 unspecified atom stereocenters. The van der Waals surface area contributed by atoms with Gasteiger partial charge in [0, 0.05) is 6.54 Å². The van der Waals surface area contributed by atoms with Crippen molar-refractivity contribution in [3.8, 4) is 5.75 Å². The lowest BCUT2D eigenvalue weighted by atomic mass is 10.1. The molecule has 1 N–H and O–H groups in total. The minimum Gasteiger partial charge on any atom is -0.497 e. The van der Waals surface area contributed by atoms with E-state index in [4.69, 9.17) is 4.74 Å². The molecule has 0 atom stereocenters. The number of unbranched alkanes of at least 4 members (excludes halogenated alkanes) is 1. The second-order valence-corrected chi connectivity index (χ2v) is 6.44. The summed E-state index contributed by atoms with van der Waals surface area (Å²) in [5, 5.41) is 0. The number of sulfonamides is 1. The van der Waals surface area contributed by atoms with E-state index in [1.54, 1.807) is 7.11 Å². The van der Waals surface area contributed by atoms with Crippen molar-refractivity contribution in [3.63, 3.8) is 0 Å². The standard InChI is InChI=1S/C14H23NO3S/c1-3-12-19(16,17)15-11-5-4-6-13-7-9-14(18-2)10-8-13/h7-10,15H,3-6,11-12H2,1-2H3. The minimum absolute atomic E-state index is 0.214. The number of ether oxygens (including phenoxy) is 1. The predicted octanol–water partition coefficient (Wildman–Crippen LogP) is 2.35. The smallest absolute Gasteiger partial charge is 0.211 e. The quantitative estimate of drug-likeness (QED) is 0.709. The van der Waals surface area contributed by atoms with E-state index in [9.17, 15) is 8.42 Å². The summed E-state index contributed by atoms with van der Waals surface area (Å²) in [6.45, 7) is 2.39. The fourth-order valence-corrected chi connectivity index (χ4v) is 2.95. The summed E-state index contributed by atoms with van der Waals surface area (Å²) >= 11 is 0. The van der Waals surface area contributed by atoms with Gasteiger partial charge in [0.2, 0.25) is 10.0 Å². The van der Waals surface area contributed by atoms with Gasteiger partial charge in [0.05, 0.1) is 12.9 Å². The highest BCUT2D eigenvalue weighted by atomic mass is 32.2. The van der Waals surface area contributed by atoms with Crippen LogP contribution in [0.3, 0.4) is 0 Å². The largest absolute Gasteiger partial charge is 0.497 e. The first-order chi connectivity index (χ1) is 9.07. The van der Waals surface area contributed by atoms with Gasteiger partial charge in [-0.2, -0.15) is 0 Å². The van der Waals surface area contributed by atoms with Crippen molar-refractivity contribution in [2.24, 2.45) is 0 Å². The average molecular weight is 285 g/mol. The minimum atomic E-state index is -3.05. The van der Waals surface area contributed by atoms with E-state index in [0.717, 1.165) is 25.0 Å². The summed E-state index contributed by atoms with van der Waals surface area (Å²) in [7, 11) is -1.40. The van der Waals surface area contributed by atoms with Gasteiger partial charge < -0.3 is 4.74 Å². The van der Waals surface area contributed by atoms with Crippen LogP contribution in [0.2, 0.25) is 0 Å². The van der Waals surface area contributed by atoms with Crippen LogP contribution in [-0.2, 0) is 16.4 Å². The van der Waals surface area contributed by atoms with Gasteiger partial charge in [-0.1, -0.05) is 19.1 Å². The SMILES string of the molecule is CCCS(=O)(=O)NCCCCc1ccc(OC)cc1. The Morgan fingerprint density at radius 2 is 1.84 bits per heavy atom. The highest BCUT2D eigenvalue weighted by molar-refractivity contribution is 7.89. The van der Waals surface area contributed by atoms with Gasteiger partial charge in [0.15, 0.2) is 0 Å². The van der Waals surface area contributed by atoms with Crippen molar-refractivity contribution in [1.82, 2.24) is 4.72 Å². The summed E-state index contributed by atoms with van der Waals surface area (Å²) in [5.74, 6) is 1.07. The Morgan fingerprint density at radius 1 is 1.16 bits per heavy atom. The van der Waals surface area contributed by atoms with Crippen LogP contribution < -0.4 is 9.46 Å². The number of aryl methyl sites for hydroxylation is 1. The molecule has 0 aliphatic carbocycles. The van der Waals surface area contributed by atoms with Gasteiger partial charge in [-0.25, -0.2) is 13.1 Å². The van der Waals surface area contributed by atoms with Crippen LogP contribution in [0.4, 0.5) is 0 Å². The van der Waals surface area contributed by atoms with E-state index in [2.05, 4.69) is 4.72 Å². The third kappa shape index (κ3) is 6.59. The normalized spacial score (nSPS) is 11.5. The summed E-state index contributed by atoms with van der Waals surface area (Å²) in [6, 6.07) is 7.97. The molecule has 0 aromatic heterocycles. The lowest BCUT2D eigenvalue weighted by Gasteiger charge is -2.06. The topological polar surface area (TPSA) is 55.4 Å². The highest BCUT2D eigenvalue weighted by Crippen LogP contribution is 2.12. The lowest BCUT2D eigenvalue weighted by molar-refractivity contribution is 0.414. The molecule has 19 heavy (non-hydrogen) atoms. The van der Waals surface area contributed by atoms with Crippen LogP contribution in [0.1, 0.15) is 31.7 Å². The Balaban J connectivity index is 2.20. The van der Waals surface area contributed by atoms with Crippen LogP contribution in [0, 0.1) is 0 Å². The monoisotopic (exact) mass is 285 g/mol. The first-order valence-electron chi connectivity index (χ1n) is 6.67. The zero-order chi connectivity index (χ0) is 14.1. The van der Waals surface area contributed by atoms with Crippen molar-refractivity contribution < 1.29 is 13.2 Å². The molecule has 5 heteroatoms. The molecule has 1 rings (SSSR count). The predicted molar refractivity (Wildman–Crippen MR) is 78.0 cm³/mol. The zero-order valence-electron chi connectivity index (χ0n) is 11.7. The molecule has 0 saturated heterocycles. The van der Waals surface area contributed by atoms with Gasteiger partial charge in [-0.15, -0.1) is 0 Å². The molecular formula is C14H23NO3S. The third-order valence-corrected chi connectivity index (χ3v) is 4.44. The van der Waals surface area contributed by atoms with Crippen LogP contribution in [0.5, 0.6) is 5.75 Å². The zero-order valence-corrected chi connectivity index (χ0v) is 12.5. The Kier molecular flexibility index (Phi) is 6.87. The number of hydrogen-bond acceptors (Lipinski definition) is 3. The van der Waals surface area contributed by atoms with Crippen molar-refractivity contribution in [2.45, 2.75) is 32.6 Å². The van der Waals surface area contributed by atoms with Crippen molar-refractivity contribution in [1.29, 1.82) is 0 Å². The maximum absolute atomic E-state index is 11.4. The average Bonchev–Trinajstić information content (AvgIpc) is 2.39. The maximum atomic E-state index is 11.4. The summed E-state index contributed by atoms with van der Waals surface area (Å²) in [4.78, 5) is 0. The van der Waals surface area contributed by atoms with Crippen molar-refractivity contribution >= 4 is 10.0 Å². The summed E-state index contributed by atoms with van der Waals surface area (Å²) in [5.41, 5.74) is 1.25. The van der Waals surface area contributed by atoms with E-state index in [-0.39, 0.29) is 5.75 Å². The van der Waals surface area contributed by atoms with E-state index in [0.29, 0.717) is 13.0 Å². The molecule has 0 aliphatic heterocycles. The van der Waals surface area contributed by atoms with Crippen molar-refractivity contribution in [3.05, 3.63) is 29.8 Å². The van der Waals surface area contributed by atoms with Gasteiger partial charge >= 0.3 is 0 Å². The molecule has 1 aromatic rings. The number of nitrogens with one attached hydrogen (secondary N) is 1. The van der Waals surface area contributed by atoms with Crippen molar-refractivity contribution in [2.75, 3.05) is 19.4 Å². The first-order valence-corrected chi connectivity index (χ1v) is 8.33. The first kappa shape index (κ1) is 16.0. The number of rotatable bonds is 9.